The SMILES string of the molecule is C[C@H]1[C@H](O)[C@@H]2[C@H](CC[C@]3(C)[C@@H]([C@H](C)CCC(=O)O)CC[C@@H]23)[C@@]2(C)CC[C@@H](O)C[C@@H]12. The molecule has 0 bridgehead atoms. The van der Waals surface area contributed by atoms with E-state index < -0.39 is 5.97 Å². The standard InChI is InChI=1S/C25H42O4/c1-14(5-8-21(27)28)17-6-7-18-22-19(10-12-24(17,18)3)25(4)11-9-16(26)13-20(25)15(2)23(22)29/h14-20,22-23,26,29H,5-13H2,1-4H3,(H,27,28)/t14-,15-,16-,17-,18+,19+,20+,22+,23+,24-,25-/m1/s1. The van der Waals surface area contributed by atoms with Crippen LogP contribution < -0.4 is 0 Å². The average molecular weight is 407 g/mol. The van der Waals surface area contributed by atoms with Gasteiger partial charge in [0.05, 0.1) is 12.2 Å². The van der Waals surface area contributed by atoms with Gasteiger partial charge in [-0.2, -0.15) is 0 Å². The van der Waals surface area contributed by atoms with Crippen LogP contribution in [0.3, 0.4) is 0 Å². The van der Waals surface area contributed by atoms with E-state index in [9.17, 15) is 15.0 Å². The Kier molecular flexibility index (Phi) is 5.60. The fraction of sp³-hybridized carbons (Fsp3) is 0.960. The maximum atomic E-state index is 11.5. The van der Waals surface area contributed by atoms with Crippen LogP contribution in [0.1, 0.15) is 85.5 Å². The Bertz CT molecular complexity index is 634. The van der Waals surface area contributed by atoms with E-state index in [0.717, 1.165) is 25.7 Å². The van der Waals surface area contributed by atoms with Crippen molar-refractivity contribution in [3.63, 3.8) is 0 Å². The first-order valence-corrected chi connectivity index (χ1v) is 12.2. The Morgan fingerprint density at radius 3 is 2.34 bits per heavy atom. The minimum absolute atomic E-state index is 0.195. The number of fused-ring (bicyclic) bond motifs is 5. The molecule has 4 nitrogen and oxygen atoms in total. The third kappa shape index (κ3) is 3.28. The molecule has 0 saturated heterocycles. The number of aliphatic hydroxyl groups excluding tert-OH is 2. The summed E-state index contributed by atoms with van der Waals surface area (Å²) in [6.07, 6.45) is 8.22. The van der Waals surface area contributed by atoms with Gasteiger partial charge in [0.25, 0.3) is 0 Å². The van der Waals surface area contributed by atoms with Crippen LogP contribution in [0.25, 0.3) is 0 Å². The zero-order chi connectivity index (χ0) is 21.1. The minimum atomic E-state index is -0.685. The second-order valence-electron chi connectivity index (χ2n) is 11.8. The molecule has 29 heavy (non-hydrogen) atoms. The number of hydrogen-bond acceptors (Lipinski definition) is 3. The summed E-state index contributed by atoms with van der Waals surface area (Å²) in [5.41, 5.74) is 0.480. The van der Waals surface area contributed by atoms with Crippen LogP contribution in [-0.4, -0.2) is 33.5 Å². The molecule has 3 N–H and O–H groups in total. The van der Waals surface area contributed by atoms with E-state index in [-0.39, 0.29) is 35.4 Å². The molecule has 4 heteroatoms. The number of hydrogen-bond donors (Lipinski definition) is 3. The normalized spacial score (nSPS) is 52.9. The summed E-state index contributed by atoms with van der Waals surface area (Å²) in [6, 6.07) is 0. The van der Waals surface area contributed by atoms with Gasteiger partial charge in [0.1, 0.15) is 0 Å². The van der Waals surface area contributed by atoms with E-state index in [1.54, 1.807) is 0 Å². The summed E-state index contributed by atoms with van der Waals surface area (Å²) in [6.45, 7) is 9.41. The highest BCUT2D eigenvalue weighted by molar-refractivity contribution is 5.66. The van der Waals surface area contributed by atoms with Crippen molar-refractivity contribution in [1.29, 1.82) is 0 Å². The Labute approximate surface area is 176 Å². The van der Waals surface area contributed by atoms with Gasteiger partial charge in [-0.05, 0) is 104 Å². The number of aliphatic carboxylic acids is 1. The zero-order valence-corrected chi connectivity index (χ0v) is 18.8. The summed E-state index contributed by atoms with van der Waals surface area (Å²) in [7, 11) is 0. The highest BCUT2D eigenvalue weighted by atomic mass is 16.4. The maximum absolute atomic E-state index is 11.5. The van der Waals surface area contributed by atoms with Crippen molar-refractivity contribution < 1.29 is 20.1 Å². The lowest BCUT2D eigenvalue weighted by atomic mass is 9.42. The van der Waals surface area contributed by atoms with Gasteiger partial charge in [0.2, 0.25) is 0 Å². The summed E-state index contributed by atoms with van der Waals surface area (Å²) in [5, 5.41) is 31.0. The maximum Gasteiger partial charge on any atom is 0.303 e. The van der Waals surface area contributed by atoms with Crippen molar-refractivity contribution >= 4 is 5.97 Å². The Morgan fingerprint density at radius 2 is 1.66 bits per heavy atom. The van der Waals surface area contributed by atoms with Crippen LogP contribution in [-0.2, 0) is 4.79 Å². The Hall–Kier alpha value is -0.610. The first kappa shape index (κ1) is 21.6. The molecule has 4 aliphatic rings. The first-order chi connectivity index (χ1) is 13.6. The largest absolute Gasteiger partial charge is 0.481 e. The zero-order valence-electron chi connectivity index (χ0n) is 18.8. The lowest BCUT2D eigenvalue weighted by Crippen LogP contribution is -2.61. The van der Waals surface area contributed by atoms with Crippen LogP contribution in [0.2, 0.25) is 0 Å². The fourth-order valence-electron chi connectivity index (χ4n) is 9.18. The number of rotatable bonds is 4. The lowest BCUT2D eigenvalue weighted by molar-refractivity contribution is -0.199. The van der Waals surface area contributed by atoms with Gasteiger partial charge in [0, 0.05) is 6.42 Å². The van der Waals surface area contributed by atoms with Crippen LogP contribution in [0.4, 0.5) is 0 Å². The molecule has 0 unspecified atom stereocenters. The van der Waals surface area contributed by atoms with Gasteiger partial charge in [-0.15, -0.1) is 0 Å². The van der Waals surface area contributed by atoms with Crippen molar-refractivity contribution in [1.82, 2.24) is 0 Å². The highest BCUT2D eigenvalue weighted by Gasteiger charge is 2.64. The van der Waals surface area contributed by atoms with Gasteiger partial charge in [-0.1, -0.05) is 27.7 Å². The van der Waals surface area contributed by atoms with Crippen LogP contribution in [0.15, 0.2) is 0 Å². The first-order valence-electron chi connectivity index (χ1n) is 12.2. The third-order valence-electron chi connectivity index (χ3n) is 10.7. The van der Waals surface area contributed by atoms with E-state index in [1.807, 2.05) is 0 Å². The monoisotopic (exact) mass is 406 g/mol. The predicted molar refractivity (Wildman–Crippen MR) is 113 cm³/mol. The molecule has 0 aromatic heterocycles. The number of carboxylic acid groups (broad SMARTS) is 1. The number of aliphatic hydroxyl groups is 2. The van der Waals surface area contributed by atoms with Crippen molar-refractivity contribution in [2.24, 2.45) is 52.3 Å². The molecule has 0 aromatic carbocycles. The van der Waals surface area contributed by atoms with E-state index in [0.29, 0.717) is 35.5 Å². The molecule has 0 radical (unpaired) electrons. The highest BCUT2D eigenvalue weighted by Crippen LogP contribution is 2.69. The van der Waals surface area contributed by atoms with E-state index in [4.69, 9.17) is 5.11 Å². The lowest BCUT2D eigenvalue weighted by Gasteiger charge is -2.64. The van der Waals surface area contributed by atoms with Crippen molar-refractivity contribution in [3.8, 4) is 0 Å². The smallest absolute Gasteiger partial charge is 0.303 e. The molecule has 0 aliphatic heterocycles. The molecule has 0 amide bonds. The molecule has 0 heterocycles. The quantitative estimate of drug-likeness (QED) is 0.631. The molecular formula is C25H42O4. The van der Waals surface area contributed by atoms with Gasteiger partial charge >= 0.3 is 5.97 Å². The summed E-state index contributed by atoms with van der Waals surface area (Å²) < 4.78 is 0. The molecule has 4 fully saturated rings. The molecular weight excluding hydrogens is 364 g/mol. The summed E-state index contributed by atoms with van der Waals surface area (Å²) in [5.74, 6) is 2.50. The van der Waals surface area contributed by atoms with Gasteiger partial charge in [-0.25, -0.2) is 0 Å². The molecule has 4 aliphatic carbocycles. The summed E-state index contributed by atoms with van der Waals surface area (Å²) >= 11 is 0. The van der Waals surface area contributed by atoms with Gasteiger partial charge in [0.15, 0.2) is 0 Å². The minimum Gasteiger partial charge on any atom is -0.481 e. The molecule has 0 spiro atoms. The predicted octanol–water partition coefficient (Wildman–Crippen LogP) is 4.72. The average Bonchev–Trinajstić information content (AvgIpc) is 3.02. The van der Waals surface area contributed by atoms with Crippen LogP contribution >= 0.6 is 0 Å². The second-order valence-corrected chi connectivity index (χ2v) is 11.8. The third-order valence-corrected chi connectivity index (χ3v) is 10.7. The van der Waals surface area contributed by atoms with E-state index in [2.05, 4.69) is 27.7 Å². The second kappa shape index (κ2) is 7.51. The van der Waals surface area contributed by atoms with Crippen LogP contribution in [0.5, 0.6) is 0 Å². The molecule has 0 aromatic rings. The van der Waals surface area contributed by atoms with Gasteiger partial charge < -0.3 is 15.3 Å². The topological polar surface area (TPSA) is 77.8 Å². The molecule has 11 atom stereocenters. The van der Waals surface area contributed by atoms with Crippen LogP contribution in [0, 0.1) is 52.3 Å². The van der Waals surface area contributed by atoms with Crippen molar-refractivity contribution in [3.05, 3.63) is 0 Å². The Morgan fingerprint density at radius 1 is 1.00 bits per heavy atom. The van der Waals surface area contributed by atoms with Crippen molar-refractivity contribution in [2.75, 3.05) is 0 Å². The number of carbonyl (C=O) groups is 1. The van der Waals surface area contributed by atoms with E-state index in [1.165, 1.54) is 25.7 Å². The fourth-order valence-corrected chi connectivity index (χ4v) is 9.18. The number of carboxylic acids is 1. The summed E-state index contributed by atoms with van der Waals surface area (Å²) in [4.78, 5) is 11.1. The van der Waals surface area contributed by atoms with Gasteiger partial charge in [-0.3, -0.25) is 4.79 Å². The van der Waals surface area contributed by atoms with Crippen molar-refractivity contribution in [2.45, 2.75) is 97.7 Å². The molecule has 4 saturated carbocycles. The van der Waals surface area contributed by atoms with E-state index >= 15 is 0 Å². The molecule has 4 rings (SSSR count). The Balaban J connectivity index is 1.59. The molecule has 166 valence electrons.